The summed E-state index contributed by atoms with van der Waals surface area (Å²) in [4.78, 5) is 4.18. The number of allylic oxidation sites excluding steroid dienone is 1. The van der Waals surface area contributed by atoms with Crippen molar-refractivity contribution in [1.29, 1.82) is 0 Å². The van der Waals surface area contributed by atoms with Crippen LogP contribution in [0.15, 0.2) is 18.5 Å². The van der Waals surface area contributed by atoms with Crippen LogP contribution in [0.3, 0.4) is 0 Å². The van der Waals surface area contributed by atoms with E-state index in [4.69, 9.17) is 5.73 Å². The van der Waals surface area contributed by atoms with Crippen LogP contribution in [-0.2, 0) is 7.05 Å². The van der Waals surface area contributed by atoms with E-state index in [0.717, 1.165) is 12.2 Å². The van der Waals surface area contributed by atoms with Crippen LogP contribution >= 0.6 is 0 Å². The highest BCUT2D eigenvalue weighted by Crippen LogP contribution is 2.25. The van der Waals surface area contributed by atoms with Gasteiger partial charge in [0.05, 0.1) is 0 Å². The molecule has 2 N–H and O–H groups in total. The van der Waals surface area contributed by atoms with Gasteiger partial charge < -0.3 is 5.73 Å². The Morgan fingerprint density at radius 1 is 1.58 bits per heavy atom. The van der Waals surface area contributed by atoms with Crippen molar-refractivity contribution in [2.45, 2.75) is 18.4 Å². The number of hydrogen-bond donors (Lipinski definition) is 1. The maximum Gasteiger partial charge on any atom is 0.138 e. The largest absolute Gasteiger partial charge is 0.324 e. The molecule has 1 aromatic heterocycles. The SMILES string of the molecule is Cn1ncnc1C1C=CC(N)C1. The van der Waals surface area contributed by atoms with E-state index in [9.17, 15) is 0 Å². The Hall–Kier alpha value is -1.16. The van der Waals surface area contributed by atoms with Gasteiger partial charge in [-0.25, -0.2) is 4.98 Å². The van der Waals surface area contributed by atoms with Crippen LogP contribution in [0.4, 0.5) is 0 Å². The topological polar surface area (TPSA) is 56.7 Å². The van der Waals surface area contributed by atoms with Gasteiger partial charge in [-0.2, -0.15) is 5.10 Å². The second-order valence-electron chi connectivity index (χ2n) is 3.13. The molecule has 4 nitrogen and oxygen atoms in total. The fraction of sp³-hybridized carbons (Fsp3) is 0.500. The number of nitrogens with two attached hydrogens (primary N) is 1. The van der Waals surface area contributed by atoms with Gasteiger partial charge in [0.1, 0.15) is 12.2 Å². The standard InChI is InChI=1S/C8H12N4/c1-12-8(10-5-11-12)6-2-3-7(9)4-6/h2-3,5-7H,4,9H2,1H3. The predicted molar refractivity (Wildman–Crippen MR) is 45.5 cm³/mol. The molecule has 1 aromatic rings. The van der Waals surface area contributed by atoms with E-state index in [1.54, 1.807) is 11.0 Å². The van der Waals surface area contributed by atoms with Crippen molar-refractivity contribution in [3.63, 3.8) is 0 Å². The van der Waals surface area contributed by atoms with Crippen molar-refractivity contribution < 1.29 is 0 Å². The highest BCUT2D eigenvalue weighted by molar-refractivity contribution is 5.16. The first-order valence-electron chi connectivity index (χ1n) is 4.05. The molecule has 64 valence electrons. The summed E-state index contributed by atoms with van der Waals surface area (Å²) in [5.41, 5.74) is 5.74. The second kappa shape index (κ2) is 2.71. The molecule has 4 heteroatoms. The van der Waals surface area contributed by atoms with E-state index in [1.165, 1.54) is 0 Å². The lowest BCUT2D eigenvalue weighted by Gasteiger charge is -2.07. The van der Waals surface area contributed by atoms with Crippen molar-refractivity contribution >= 4 is 0 Å². The first-order chi connectivity index (χ1) is 5.77. The van der Waals surface area contributed by atoms with Gasteiger partial charge in [-0.15, -0.1) is 0 Å². The zero-order valence-electron chi connectivity index (χ0n) is 7.01. The molecule has 0 saturated carbocycles. The highest BCUT2D eigenvalue weighted by atomic mass is 15.3. The van der Waals surface area contributed by atoms with E-state index in [2.05, 4.69) is 16.2 Å². The number of aryl methyl sites for hydroxylation is 1. The third-order valence-electron chi connectivity index (χ3n) is 2.19. The Kier molecular flexibility index (Phi) is 1.69. The third-order valence-corrected chi connectivity index (χ3v) is 2.19. The van der Waals surface area contributed by atoms with Crippen LogP contribution in [0.2, 0.25) is 0 Å². The molecule has 0 saturated heterocycles. The first-order valence-corrected chi connectivity index (χ1v) is 4.05. The average molecular weight is 164 g/mol. The molecule has 0 amide bonds. The third kappa shape index (κ3) is 1.14. The van der Waals surface area contributed by atoms with Crippen LogP contribution in [0.1, 0.15) is 18.2 Å². The number of aromatic nitrogens is 3. The van der Waals surface area contributed by atoms with Crippen molar-refractivity contribution in [2.24, 2.45) is 12.8 Å². The van der Waals surface area contributed by atoms with E-state index < -0.39 is 0 Å². The van der Waals surface area contributed by atoms with Gasteiger partial charge in [0.15, 0.2) is 0 Å². The van der Waals surface area contributed by atoms with Crippen molar-refractivity contribution in [3.05, 3.63) is 24.3 Å². The summed E-state index contributed by atoms with van der Waals surface area (Å²) in [5, 5.41) is 4.02. The molecule has 0 aromatic carbocycles. The molecule has 0 bridgehead atoms. The Morgan fingerprint density at radius 3 is 2.92 bits per heavy atom. The maximum absolute atomic E-state index is 5.74. The van der Waals surface area contributed by atoms with E-state index in [1.807, 2.05) is 13.1 Å². The van der Waals surface area contributed by atoms with Crippen molar-refractivity contribution in [3.8, 4) is 0 Å². The Balaban J connectivity index is 2.22. The Labute approximate surface area is 71.1 Å². The van der Waals surface area contributed by atoms with Crippen LogP contribution in [-0.4, -0.2) is 20.8 Å². The van der Waals surface area contributed by atoms with Gasteiger partial charge in [0, 0.05) is 19.0 Å². The lowest BCUT2D eigenvalue weighted by Crippen LogP contribution is -2.15. The Morgan fingerprint density at radius 2 is 2.42 bits per heavy atom. The predicted octanol–water partition coefficient (Wildman–Crippen LogP) is 0.186. The highest BCUT2D eigenvalue weighted by Gasteiger charge is 2.20. The molecule has 2 unspecified atom stereocenters. The van der Waals surface area contributed by atoms with Crippen molar-refractivity contribution in [2.75, 3.05) is 0 Å². The van der Waals surface area contributed by atoms with Gasteiger partial charge in [-0.3, -0.25) is 4.68 Å². The number of hydrogen-bond acceptors (Lipinski definition) is 3. The molecule has 2 rings (SSSR count). The molecule has 0 radical (unpaired) electrons. The summed E-state index contributed by atoms with van der Waals surface area (Å²) in [7, 11) is 1.90. The molecule has 1 heterocycles. The summed E-state index contributed by atoms with van der Waals surface area (Å²) in [6, 6.07) is 0.187. The summed E-state index contributed by atoms with van der Waals surface area (Å²) >= 11 is 0. The number of nitrogens with zero attached hydrogens (tertiary/aromatic N) is 3. The summed E-state index contributed by atoms with van der Waals surface area (Å²) in [6.45, 7) is 0. The monoisotopic (exact) mass is 164 g/mol. The minimum Gasteiger partial charge on any atom is -0.324 e. The van der Waals surface area contributed by atoms with Crippen LogP contribution in [0, 0.1) is 0 Å². The molecule has 12 heavy (non-hydrogen) atoms. The lowest BCUT2D eigenvalue weighted by atomic mass is 10.1. The van der Waals surface area contributed by atoms with E-state index in [0.29, 0.717) is 5.92 Å². The maximum atomic E-state index is 5.74. The second-order valence-corrected chi connectivity index (χ2v) is 3.13. The average Bonchev–Trinajstić information content (AvgIpc) is 2.58. The Bertz CT molecular complexity index is 302. The minimum atomic E-state index is 0.187. The minimum absolute atomic E-state index is 0.187. The van der Waals surface area contributed by atoms with Crippen LogP contribution in [0.5, 0.6) is 0 Å². The molecule has 2 atom stereocenters. The molecular weight excluding hydrogens is 152 g/mol. The summed E-state index contributed by atoms with van der Waals surface area (Å²) < 4.78 is 1.80. The zero-order valence-corrected chi connectivity index (χ0v) is 7.01. The first kappa shape index (κ1) is 7.49. The molecule has 0 fully saturated rings. The van der Waals surface area contributed by atoms with Crippen LogP contribution in [0.25, 0.3) is 0 Å². The molecule has 0 aliphatic heterocycles. The van der Waals surface area contributed by atoms with Gasteiger partial charge in [-0.05, 0) is 6.42 Å². The fourth-order valence-electron chi connectivity index (χ4n) is 1.56. The van der Waals surface area contributed by atoms with Gasteiger partial charge in [0.2, 0.25) is 0 Å². The lowest BCUT2D eigenvalue weighted by molar-refractivity contribution is 0.621. The summed E-state index contributed by atoms with van der Waals surface area (Å²) in [5.74, 6) is 1.35. The van der Waals surface area contributed by atoms with Gasteiger partial charge >= 0.3 is 0 Å². The number of rotatable bonds is 1. The molecule has 0 spiro atoms. The zero-order chi connectivity index (χ0) is 8.55. The van der Waals surface area contributed by atoms with Gasteiger partial charge in [0.25, 0.3) is 0 Å². The van der Waals surface area contributed by atoms with Gasteiger partial charge in [-0.1, -0.05) is 12.2 Å². The normalized spacial score (nSPS) is 28.2. The fourth-order valence-corrected chi connectivity index (χ4v) is 1.56. The van der Waals surface area contributed by atoms with Crippen LogP contribution < -0.4 is 5.73 Å². The van der Waals surface area contributed by atoms with E-state index >= 15 is 0 Å². The molecule has 1 aliphatic carbocycles. The molecule has 1 aliphatic rings. The molecular formula is C8H12N4. The summed E-state index contributed by atoms with van der Waals surface area (Å²) in [6.07, 6.45) is 6.66. The van der Waals surface area contributed by atoms with E-state index in [-0.39, 0.29) is 6.04 Å². The smallest absolute Gasteiger partial charge is 0.138 e. The quantitative estimate of drug-likeness (QED) is 0.603. The van der Waals surface area contributed by atoms with Crippen molar-refractivity contribution in [1.82, 2.24) is 14.8 Å².